The van der Waals surface area contributed by atoms with Gasteiger partial charge in [-0.3, -0.25) is 9.59 Å². The van der Waals surface area contributed by atoms with E-state index in [4.69, 9.17) is 0 Å². The minimum atomic E-state index is -0.475. The van der Waals surface area contributed by atoms with Crippen molar-refractivity contribution < 1.29 is 14.0 Å². The Morgan fingerprint density at radius 2 is 1.68 bits per heavy atom. The summed E-state index contributed by atoms with van der Waals surface area (Å²) < 4.78 is 13.6. The van der Waals surface area contributed by atoms with Crippen molar-refractivity contribution in [2.75, 3.05) is 37.6 Å². The predicted molar refractivity (Wildman–Crippen MR) is 129 cm³/mol. The van der Waals surface area contributed by atoms with E-state index in [0.29, 0.717) is 26.2 Å². The Hall–Kier alpha value is -3.81. The van der Waals surface area contributed by atoms with Crippen LogP contribution in [0.3, 0.4) is 0 Å². The van der Waals surface area contributed by atoms with Crippen molar-refractivity contribution >= 4 is 17.6 Å². The van der Waals surface area contributed by atoms with Gasteiger partial charge in [0.1, 0.15) is 12.4 Å². The van der Waals surface area contributed by atoms with Gasteiger partial charge in [-0.15, -0.1) is 10.2 Å². The monoisotopic (exact) mass is 461 g/mol. The first-order chi connectivity index (χ1) is 16.4. The van der Waals surface area contributed by atoms with Gasteiger partial charge in [0, 0.05) is 43.3 Å². The molecule has 1 aromatic heterocycles. The van der Waals surface area contributed by atoms with Gasteiger partial charge < -0.3 is 14.7 Å². The second-order valence-electron chi connectivity index (χ2n) is 8.55. The first-order valence-electron chi connectivity index (χ1n) is 11.4. The average Bonchev–Trinajstić information content (AvgIpc) is 2.87. The highest BCUT2D eigenvalue weighted by molar-refractivity contribution is 5.96. The van der Waals surface area contributed by atoms with Crippen LogP contribution in [0.15, 0.2) is 66.7 Å². The van der Waals surface area contributed by atoms with Crippen LogP contribution in [0, 0.1) is 5.82 Å². The number of piperazine rings is 1. The summed E-state index contributed by atoms with van der Waals surface area (Å²) in [6, 6.07) is 19.1. The first kappa shape index (κ1) is 23.4. The van der Waals surface area contributed by atoms with Crippen LogP contribution < -0.4 is 4.90 Å². The third-order valence-corrected chi connectivity index (χ3v) is 5.94. The second kappa shape index (κ2) is 10.4. The molecule has 0 bridgehead atoms. The van der Waals surface area contributed by atoms with Gasteiger partial charge in [-0.1, -0.05) is 36.4 Å². The molecular weight excluding hydrogens is 433 g/mol. The van der Waals surface area contributed by atoms with Crippen LogP contribution in [-0.2, 0) is 4.79 Å². The van der Waals surface area contributed by atoms with E-state index >= 15 is 0 Å². The van der Waals surface area contributed by atoms with Gasteiger partial charge in [-0.05, 0) is 44.2 Å². The fourth-order valence-electron chi connectivity index (χ4n) is 3.96. The van der Waals surface area contributed by atoms with Gasteiger partial charge in [0.05, 0.1) is 5.69 Å². The molecule has 0 aliphatic carbocycles. The Kier molecular flexibility index (Phi) is 7.15. The summed E-state index contributed by atoms with van der Waals surface area (Å²) in [5, 5.41) is 8.72. The Balaban J connectivity index is 1.35. The average molecular weight is 462 g/mol. The van der Waals surface area contributed by atoms with Crippen LogP contribution >= 0.6 is 0 Å². The Labute approximate surface area is 198 Å². The summed E-state index contributed by atoms with van der Waals surface area (Å²) in [4.78, 5) is 31.2. The SMILES string of the molecule is CC(C)N(CC(=O)N1CCN(c2ccc(-c3ccccc3)nn2)CC1)C(=O)c1cccc(F)c1. The number of halogens is 1. The van der Waals surface area contributed by atoms with Crippen molar-refractivity contribution in [3.05, 3.63) is 78.1 Å². The molecule has 0 radical (unpaired) electrons. The van der Waals surface area contributed by atoms with E-state index in [-0.39, 0.29) is 30.0 Å². The van der Waals surface area contributed by atoms with Gasteiger partial charge in [0.25, 0.3) is 5.91 Å². The molecule has 2 heterocycles. The molecule has 1 aliphatic heterocycles. The molecule has 176 valence electrons. The van der Waals surface area contributed by atoms with E-state index in [2.05, 4.69) is 15.1 Å². The quantitative estimate of drug-likeness (QED) is 0.562. The number of anilines is 1. The van der Waals surface area contributed by atoms with Crippen molar-refractivity contribution in [1.29, 1.82) is 0 Å². The topological polar surface area (TPSA) is 69.6 Å². The molecule has 0 atom stereocenters. The standard InChI is InChI=1S/C26H28FN5O2/c1-19(2)32(26(34)21-9-6-10-22(27)17-21)18-25(33)31-15-13-30(14-16-31)24-12-11-23(28-29-24)20-7-4-3-5-8-20/h3-12,17,19H,13-16,18H2,1-2H3. The van der Waals surface area contributed by atoms with E-state index in [0.717, 1.165) is 17.1 Å². The number of carbonyl (C=O) groups is 2. The molecular formula is C26H28FN5O2. The van der Waals surface area contributed by atoms with Gasteiger partial charge in [0.15, 0.2) is 5.82 Å². The minimum absolute atomic E-state index is 0.0431. The summed E-state index contributed by atoms with van der Waals surface area (Å²) in [6.45, 7) is 5.97. The van der Waals surface area contributed by atoms with Crippen molar-refractivity contribution in [2.24, 2.45) is 0 Å². The molecule has 1 saturated heterocycles. The van der Waals surface area contributed by atoms with Crippen LogP contribution in [0.5, 0.6) is 0 Å². The molecule has 8 heteroatoms. The molecule has 0 unspecified atom stereocenters. The number of benzene rings is 2. The maximum atomic E-state index is 13.6. The van der Waals surface area contributed by atoms with Crippen molar-refractivity contribution in [3.8, 4) is 11.3 Å². The van der Waals surface area contributed by atoms with Crippen molar-refractivity contribution in [1.82, 2.24) is 20.0 Å². The molecule has 0 spiro atoms. The van der Waals surface area contributed by atoms with Gasteiger partial charge in [-0.2, -0.15) is 0 Å². The number of nitrogens with zero attached hydrogens (tertiary/aromatic N) is 5. The molecule has 0 N–H and O–H groups in total. The van der Waals surface area contributed by atoms with Gasteiger partial charge in [-0.25, -0.2) is 4.39 Å². The number of carbonyl (C=O) groups excluding carboxylic acids is 2. The zero-order valence-electron chi connectivity index (χ0n) is 19.4. The fourth-order valence-corrected chi connectivity index (χ4v) is 3.96. The number of amides is 2. The van der Waals surface area contributed by atoms with Gasteiger partial charge in [0.2, 0.25) is 5.91 Å². The number of rotatable bonds is 6. The largest absolute Gasteiger partial charge is 0.352 e. The third kappa shape index (κ3) is 5.39. The predicted octanol–water partition coefficient (Wildman–Crippen LogP) is 3.48. The molecule has 34 heavy (non-hydrogen) atoms. The lowest BCUT2D eigenvalue weighted by atomic mass is 10.1. The van der Waals surface area contributed by atoms with Crippen LogP contribution in [0.4, 0.5) is 10.2 Å². The van der Waals surface area contributed by atoms with Crippen LogP contribution in [0.1, 0.15) is 24.2 Å². The highest BCUT2D eigenvalue weighted by Gasteiger charge is 2.27. The molecule has 2 amide bonds. The van der Waals surface area contributed by atoms with Gasteiger partial charge >= 0.3 is 0 Å². The highest BCUT2D eigenvalue weighted by Crippen LogP contribution is 2.19. The lowest BCUT2D eigenvalue weighted by Crippen LogP contribution is -2.53. The molecule has 7 nitrogen and oxygen atoms in total. The third-order valence-electron chi connectivity index (χ3n) is 5.94. The number of aromatic nitrogens is 2. The van der Waals surface area contributed by atoms with Crippen molar-refractivity contribution in [3.63, 3.8) is 0 Å². The summed E-state index contributed by atoms with van der Waals surface area (Å²) >= 11 is 0. The van der Waals surface area contributed by atoms with E-state index < -0.39 is 5.82 Å². The normalized spacial score (nSPS) is 13.8. The minimum Gasteiger partial charge on any atom is -0.352 e. The number of hydrogen-bond acceptors (Lipinski definition) is 5. The highest BCUT2D eigenvalue weighted by atomic mass is 19.1. The molecule has 4 rings (SSSR count). The Morgan fingerprint density at radius 3 is 2.29 bits per heavy atom. The van der Waals surface area contributed by atoms with E-state index in [9.17, 15) is 14.0 Å². The van der Waals surface area contributed by atoms with Crippen LogP contribution in [0.2, 0.25) is 0 Å². The summed E-state index contributed by atoms with van der Waals surface area (Å²) in [6.07, 6.45) is 0. The molecule has 2 aromatic carbocycles. The van der Waals surface area contributed by atoms with E-state index in [1.807, 2.05) is 56.3 Å². The molecule has 1 aliphatic rings. The summed E-state index contributed by atoms with van der Waals surface area (Å²) in [5.74, 6) is -0.173. The van der Waals surface area contributed by atoms with Crippen molar-refractivity contribution in [2.45, 2.75) is 19.9 Å². The van der Waals surface area contributed by atoms with E-state index in [1.54, 1.807) is 11.0 Å². The molecule has 3 aromatic rings. The summed E-state index contributed by atoms with van der Waals surface area (Å²) in [5.41, 5.74) is 2.07. The fraction of sp³-hybridized carbons (Fsp3) is 0.308. The van der Waals surface area contributed by atoms with E-state index in [1.165, 1.54) is 23.1 Å². The summed E-state index contributed by atoms with van der Waals surface area (Å²) in [7, 11) is 0. The Bertz CT molecular complexity index is 1130. The molecule has 0 saturated carbocycles. The smallest absolute Gasteiger partial charge is 0.254 e. The second-order valence-corrected chi connectivity index (χ2v) is 8.55. The first-order valence-corrected chi connectivity index (χ1v) is 11.4. The lowest BCUT2D eigenvalue weighted by molar-refractivity contribution is -0.132. The van der Waals surface area contributed by atoms with Crippen LogP contribution in [0.25, 0.3) is 11.3 Å². The maximum Gasteiger partial charge on any atom is 0.254 e. The van der Waals surface area contributed by atoms with Crippen LogP contribution in [-0.4, -0.2) is 70.6 Å². The maximum absolute atomic E-state index is 13.6. The zero-order chi connectivity index (χ0) is 24.1. The number of hydrogen-bond donors (Lipinski definition) is 0. The molecule has 1 fully saturated rings. The lowest BCUT2D eigenvalue weighted by Gasteiger charge is -2.36. The Morgan fingerprint density at radius 1 is 0.941 bits per heavy atom. The zero-order valence-corrected chi connectivity index (χ0v) is 19.4.